The Balaban J connectivity index is 0.00000400. The highest BCUT2D eigenvalue weighted by Crippen LogP contribution is 2.16. The van der Waals surface area contributed by atoms with Crippen molar-refractivity contribution in [2.45, 2.75) is 19.9 Å². The molecule has 1 aromatic carbocycles. The molecule has 118 valence electrons. The van der Waals surface area contributed by atoms with Gasteiger partial charge in [0, 0.05) is 0 Å². The molecule has 2 amide bonds. The summed E-state index contributed by atoms with van der Waals surface area (Å²) in [4.78, 5) is 23.0. The topological polar surface area (TPSA) is 84.2 Å². The summed E-state index contributed by atoms with van der Waals surface area (Å²) in [5.41, 5.74) is 5.31. The van der Waals surface area contributed by atoms with Crippen LogP contribution in [0.4, 0.5) is 14.5 Å². The summed E-state index contributed by atoms with van der Waals surface area (Å²) >= 11 is 0. The summed E-state index contributed by atoms with van der Waals surface area (Å²) in [5, 5.41) is 4.49. The lowest BCUT2D eigenvalue weighted by molar-refractivity contribution is -0.125. The highest BCUT2D eigenvalue weighted by atomic mass is 35.5. The summed E-state index contributed by atoms with van der Waals surface area (Å²) < 4.78 is 26.2. The van der Waals surface area contributed by atoms with E-state index in [1.165, 1.54) is 12.1 Å². The Kier molecular flexibility index (Phi) is 7.83. The smallest absolute Gasteiger partial charge is 0.243 e. The molecule has 0 unspecified atom stereocenters. The van der Waals surface area contributed by atoms with Gasteiger partial charge in [0.05, 0.1) is 18.3 Å². The summed E-state index contributed by atoms with van der Waals surface area (Å²) in [7, 11) is 0. The van der Waals surface area contributed by atoms with Gasteiger partial charge in [-0.25, -0.2) is 8.78 Å². The van der Waals surface area contributed by atoms with E-state index in [4.69, 9.17) is 5.73 Å². The Bertz CT molecular complexity index is 512. The van der Waals surface area contributed by atoms with Gasteiger partial charge in [-0.05, 0) is 18.1 Å². The fourth-order valence-corrected chi connectivity index (χ4v) is 1.38. The quantitative estimate of drug-likeness (QED) is 0.767. The van der Waals surface area contributed by atoms with E-state index in [0.717, 1.165) is 6.07 Å². The molecule has 0 aliphatic carbocycles. The molecule has 1 rings (SSSR count). The first-order valence-corrected chi connectivity index (χ1v) is 6.10. The van der Waals surface area contributed by atoms with Crippen molar-refractivity contribution in [2.75, 3.05) is 11.9 Å². The zero-order valence-corrected chi connectivity index (χ0v) is 12.5. The highest BCUT2D eigenvalue weighted by Gasteiger charge is 2.18. The second kappa shape index (κ2) is 8.53. The van der Waals surface area contributed by atoms with Crippen molar-refractivity contribution in [3.8, 4) is 0 Å². The maximum atomic E-state index is 13.3. The molecule has 1 atom stereocenters. The number of halogens is 3. The number of nitrogens with one attached hydrogen (secondary N) is 2. The van der Waals surface area contributed by atoms with Crippen molar-refractivity contribution in [1.82, 2.24) is 5.32 Å². The van der Waals surface area contributed by atoms with Gasteiger partial charge in [0.2, 0.25) is 11.8 Å². The van der Waals surface area contributed by atoms with Crippen LogP contribution < -0.4 is 16.4 Å². The van der Waals surface area contributed by atoms with Crippen LogP contribution in [0.15, 0.2) is 18.2 Å². The molecule has 0 saturated heterocycles. The average molecular weight is 322 g/mol. The Morgan fingerprint density at radius 2 is 1.90 bits per heavy atom. The molecular weight excluding hydrogens is 304 g/mol. The third-order valence-corrected chi connectivity index (χ3v) is 2.67. The summed E-state index contributed by atoms with van der Waals surface area (Å²) in [6, 6.07) is 2.70. The molecule has 0 saturated carbocycles. The highest BCUT2D eigenvalue weighted by molar-refractivity contribution is 5.95. The molecule has 0 heterocycles. The molecule has 0 aromatic heterocycles. The Morgan fingerprint density at radius 3 is 2.48 bits per heavy atom. The predicted molar refractivity (Wildman–Crippen MR) is 78.1 cm³/mol. The molecule has 0 spiro atoms. The minimum absolute atomic E-state index is 0. The Labute approximate surface area is 127 Å². The maximum Gasteiger partial charge on any atom is 0.243 e. The minimum Gasteiger partial charge on any atom is -0.346 e. The largest absolute Gasteiger partial charge is 0.346 e. The lowest BCUT2D eigenvalue weighted by Gasteiger charge is -2.15. The van der Waals surface area contributed by atoms with E-state index in [1.807, 2.05) is 0 Å². The number of hydrogen-bond donors (Lipinski definition) is 3. The van der Waals surface area contributed by atoms with Crippen molar-refractivity contribution in [1.29, 1.82) is 0 Å². The van der Waals surface area contributed by atoms with Gasteiger partial charge < -0.3 is 16.4 Å². The first kappa shape index (κ1) is 19.3. The average Bonchev–Trinajstić information content (AvgIpc) is 2.40. The number of nitrogens with two attached hydrogens (primary N) is 1. The van der Waals surface area contributed by atoms with Gasteiger partial charge in [0.15, 0.2) is 11.6 Å². The van der Waals surface area contributed by atoms with Gasteiger partial charge in [-0.1, -0.05) is 19.9 Å². The molecule has 5 nitrogen and oxygen atoms in total. The standard InChI is InChI=1S/C13H17F2N3O2.ClH/c1-7(2)12(16)13(20)17-6-10(19)18-9-5-3-4-8(14)11(9)15;/h3-5,7,12H,6,16H2,1-2H3,(H,17,20)(H,18,19);1H/t12-;/m0./s1. The lowest BCUT2D eigenvalue weighted by atomic mass is 10.1. The summed E-state index contributed by atoms with van der Waals surface area (Å²) in [5.74, 6) is -3.42. The van der Waals surface area contributed by atoms with Crippen LogP contribution in [-0.2, 0) is 9.59 Å². The summed E-state index contributed by atoms with van der Waals surface area (Å²) in [6.45, 7) is 3.17. The zero-order valence-electron chi connectivity index (χ0n) is 11.7. The number of carbonyl (C=O) groups excluding carboxylic acids is 2. The Morgan fingerprint density at radius 1 is 1.29 bits per heavy atom. The van der Waals surface area contributed by atoms with Crippen molar-refractivity contribution in [2.24, 2.45) is 11.7 Å². The number of anilines is 1. The first-order chi connectivity index (χ1) is 9.32. The molecule has 0 radical (unpaired) electrons. The van der Waals surface area contributed by atoms with Crippen LogP contribution in [0.2, 0.25) is 0 Å². The molecular formula is C13H18ClF2N3O2. The monoisotopic (exact) mass is 321 g/mol. The molecule has 0 aliphatic rings. The fraction of sp³-hybridized carbons (Fsp3) is 0.385. The van der Waals surface area contributed by atoms with E-state index in [9.17, 15) is 18.4 Å². The van der Waals surface area contributed by atoms with Crippen LogP contribution in [0, 0.1) is 17.6 Å². The van der Waals surface area contributed by atoms with Crippen molar-refractivity contribution in [3.05, 3.63) is 29.8 Å². The second-order valence-corrected chi connectivity index (χ2v) is 4.64. The minimum atomic E-state index is -1.15. The van der Waals surface area contributed by atoms with Gasteiger partial charge >= 0.3 is 0 Å². The molecule has 0 aliphatic heterocycles. The van der Waals surface area contributed by atoms with E-state index in [0.29, 0.717) is 0 Å². The van der Waals surface area contributed by atoms with Crippen molar-refractivity contribution in [3.63, 3.8) is 0 Å². The van der Waals surface area contributed by atoms with Gasteiger partial charge in [-0.3, -0.25) is 9.59 Å². The van der Waals surface area contributed by atoms with Crippen LogP contribution in [-0.4, -0.2) is 24.4 Å². The fourth-order valence-electron chi connectivity index (χ4n) is 1.38. The number of benzene rings is 1. The van der Waals surface area contributed by atoms with E-state index in [1.54, 1.807) is 13.8 Å². The maximum absolute atomic E-state index is 13.3. The molecule has 1 aromatic rings. The molecule has 8 heteroatoms. The summed E-state index contributed by atoms with van der Waals surface area (Å²) in [6.07, 6.45) is 0. The van der Waals surface area contributed by atoms with Crippen LogP contribution >= 0.6 is 12.4 Å². The molecule has 0 bridgehead atoms. The number of hydrogen-bond acceptors (Lipinski definition) is 3. The van der Waals surface area contributed by atoms with Gasteiger partial charge in [0.25, 0.3) is 0 Å². The van der Waals surface area contributed by atoms with Gasteiger partial charge in [-0.15, -0.1) is 12.4 Å². The van der Waals surface area contributed by atoms with Crippen LogP contribution in [0.5, 0.6) is 0 Å². The van der Waals surface area contributed by atoms with Crippen molar-refractivity contribution < 1.29 is 18.4 Å². The number of rotatable bonds is 5. The van der Waals surface area contributed by atoms with E-state index in [2.05, 4.69) is 10.6 Å². The molecule has 21 heavy (non-hydrogen) atoms. The predicted octanol–water partition coefficient (Wildman–Crippen LogP) is 1.42. The van der Waals surface area contributed by atoms with Crippen molar-refractivity contribution >= 4 is 29.9 Å². The third kappa shape index (κ3) is 5.65. The van der Waals surface area contributed by atoms with Gasteiger partial charge in [-0.2, -0.15) is 0 Å². The van der Waals surface area contributed by atoms with E-state index >= 15 is 0 Å². The third-order valence-electron chi connectivity index (χ3n) is 2.67. The van der Waals surface area contributed by atoms with Gasteiger partial charge in [0.1, 0.15) is 0 Å². The Hall–Kier alpha value is -1.73. The lowest BCUT2D eigenvalue weighted by Crippen LogP contribution is -2.46. The first-order valence-electron chi connectivity index (χ1n) is 6.10. The van der Waals surface area contributed by atoms with Crippen LogP contribution in [0.25, 0.3) is 0 Å². The van der Waals surface area contributed by atoms with Crippen LogP contribution in [0.1, 0.15) is 13.8 Å². The van der Waals surface area contributed by atoms with Crippen LogP contribution in [0.3, 0.4) is 0 Å². The normalized spacial score (nSPS) is 11.5. The number of amides is 2. The SMILES string of the molecule is CC(C)[C@H](N)C(=O)NCC(=O)Nc1cccc(F)c1F.Cl. The second-order valence-electron chi connectivity index (χ2n) is 4.64. The van der Waals surface area contributed by atoms with E-state index < -0.39 is 29.5 Å². The molecule has 4 N–H and O–H groups in total. The zero-order chi connectivity index (χ0) is 15.3. The molecule has 0 fully saturated rings. The van der Waals surface area contributed by atoms with E-state index in [-0.39, 0.29) is 30.6 Å². The number of carbonyl (C=O) groups is 2.